The molecule has 176 valence electrons. The Bertz CT molecular complexity index is 1350. The normalized spacial score (nSPS) is 22.4. The summed E-state index contributed by atoms with van der Waals surface area (Å²) in [6.07, 6.45) is -3.96. The maximum absolute atomic E-state index is 12.8. The number of halogens is 4. The quantitative estimate of drug-likeness (QED) is 0.432. The van der Waals surface area contributed by atoms with Gasteiger partial charge in [0.1, 0.15) is 6.10 Å². The van der Waals surface area contributed by atoms with Crippen molar-refractivity contribution in [3.63, 3.8) is 0 Å². The monoisotopic (exact) mass is 491 g/mol. The number of rotatable bonds is 4. The molecule has 4 aromatic rings. The van der Waals surface area contributed by atoms with Crippen molar-refractivity contribution in [3.05, 3.63) is 47.1 Å². The highest BCUT2D eigenvalue weighted by molar-refractivity contribution is 6.33. The number of alkyl halides is 3. The summed E-state index contributed by atoms with van der Waals surface area (Å²) in [5.41, 5.74) is 2.03. The van der Waals surface area contributed by atoms with E-state index in [1.165, 1.54) is 0 Å². The zero-order valence-electron chi connectivity index (χ0n) is 17.4. The van der Waals surface area contributed by atoms with Crippen LogP contribution in [0.1, 0.15) is 12.1 Å². The van der Waals surface area contributed by atoms with Crippen LogP contribution in [0.25, 0.3) is 33.7 Å². The van der Waals surface area contributed by atoms with Crippen molar-refractivity contribution in [2.75, 3.05) is 13.2 Å². The Morgan fingerprint density at radius 3 is 2.62 bits per heavy atom. The number of H-pyrrole nitrogens is 2. The van der Waals surface area contributed by atoms with Gasteiger partial charge in [-0.15, -0.1) is 0 Å². The zero-order chi connectivity index (χ0) is 23.4. The number of aromatic nitrogens is 5. The van der Waals surface area contributed by atoms with Crippen LogP contribution in [0.4, 0.5) is 13.2 Å². The van der Waals surface area contributed by atoms with Gasteiger partial charge in [-0.2, -0.15) is 23.3 Å². The second kappa shape index (κ2) is 7.97. The second-order valence-corrected chi connectivity index (χ2v) is 8.53. The van der Waals surface area contributed by atoms with Crippen LogP contribution < -0.4 is 4.74 Å². The lowest BCUT2D eigenvalue weighted by Crippen LogP contribution is -2.32. The summed E-state index contributed by atoms with van der Waals surface area (Å²) in [4.78, 5) is 12.1. The van der Waals surface area contributed by atoms with Gasteiger partial charge in [-0.1, -0.05) is 35.9 Å². The first-order chi connectivity index (χ1) is 16.3. The van der Waals surface area contributed by atoms with Crippen LogP contribution in [-0.2, 0) is 15.7 Å². The molecule has 1 aromatic carbocycles. The first-order valence-corrected chi connectivity index (χ1v) is 10.9. The molecule has 0 aliphatic carbocycles. The number of pyridine rings is 1. The summed E-state index contributed by atoms with van der Waals surface area (Å²) in [5, 5.41) is 6.13. The van der Waals surface area contributed by atoms with Gasteiger partial charge < -0.3 is 19.2 Å². The van der Waals surface area contributed by atoms with Gasteiger partial charge in [0, 0.05) is 12.2 Å². The number of fused-ring (bicyclic) bond motifs is 2. The molecule has 0 spiro atoms. The number of aromatic amines is 2. The average Bonchev–Trinajstić information content (AvgIpc) is 3.58. The van der Waals surface area contributed by atoms with Gasteiger partial charge in [0.15, 0.2) is 17.4 Å². The Hall–Kier alpha value is -3.15. The molecule has 2 aliphatic heterocycles. The highest BCUT2D eigenvalue weighted by Gasteiger charge is 2.43. The van der Waals surface area contributed by atoms with Crippen LogP contribution in [0.15, 0.2) is 36.4 Å². The highest BCUT2D eigenvalue weighted by atomic mass is 35.5. The molecular weight excluding hydrogens is 475 g/mol. The fourth-order valence-electron chi connectivity index (χ4n) is 4.25. The van der Waals surface area contributed by atoms with E-state index >= 15 is 0 Å². The fourth-order valence-corrected chi connectivity index (χ4v) is 4.51. The topological polar surface area (TPSA) is 97.9 Å². The molecule has 12 heteroatoms. The molecule has 0 saturated carbocycles. The van der Waals surface area contributed by atoms with E-state index in [0.717, 1.165) is 12.5 Å². The van der Waals surface area contributed by atoms with Crippen molar-refractivity contribution in [1.29, 1.82) is 0 Å². The smallest absolute Gasteiger partial charge is 0.435 e. The molecule has 2 N–H and O–H groups in total. The van der Waals surface area contributed by atoms with Crippen LogP contribution in [-0.4, -0.2) is 56.7 Å². The molecule has 2 fully saturated rings. The average molecular weight is 492 g/mol. The third kappa shape index (κ3) is 3.79. The molecule has 0 amide bonds. The van der Waals surface area contributed by atoms with E-state index in [4.69, 9.17) is 25.8 Å². The maximum Gasteiger partial charge on any atom is 0.435 e. The van der Waals surface area contributed by atoms with E-state index < -0.39 is 11.9 Å². The van der Waals surface area contributed by atoms with E-state index in [1.807, 2.05) is 0 Å². The number of nitrogens with one attached hydrogen (secondary N) is 2. The minimum atomic E-state index is -4.51. The van der Waals surface area contributed by atoms with E-state index in [9.17, 15) is 13.2 Å². The maximum atomic E-state index is 12.8. The summed E-state index contributed by atoms with van der Waals surface area (Å²) in [5.74, 6) is 0. The van der Waals surface area contributed by atoms with Crippen molar-refractivity contribution >= 4 is 22.8 Å². The molecule has 6 rings (SSSR count). The fraction of sp³-hybridized carbons (Fsp3) is 0.318. The summed E-state index contributed by atoms with van der Waals surface area (Å²) in [6.45, 7) is 1.08. The first-order valence-electron chi connectivity index (χ1n) is 10.5. The second-order valence-electron chi connectivity index (χ2n) is 8.13. The Kier molecular flexibility index (Phi) is 5.01. The van der Waals surface area contributed by atoms with Gasteiger partial charge in [0.05, 0.1) is 34.6 Å². The molecule has 2 aliphatic rings. The Morgan fingerprint density at radius 1 is 1.06 bits per heavy atom. The summed E-state index contributed by atoms with van der Waals surface area (Å²) < 4.78 is 55.8. The van der Waals surface area contributed by atoms with Crippen molar-refractivity contribution < 1.29 is 27.4 Å². The Morgan fingerprint density at radius 2 is 1.85 bits per heavy atom. The van der Waals surface area contributed by atoms with Crippen LogP contribution in [0.2, 0.25) is 5.02 Å². The van der Waals surface area contributed by atoms with Crippen molar-refractivity contribution in [1.82, 2.24) is 25.1 Å². The zero-order valence-corrected chi connectivity index (χ0v) is 18.2. The van der Waals surface area contributed by atoms with Gasteiger partial charge in [0.2, 0.25) is 0 Å². The lowest BCUT2D eigenvalue weighted by molar-refractivity contribution is -0.141. The van der Waals surface area contributed by atoms with Crippen molar-refractivity contribution in [3.8, 4) is 28.5 Å². The predicted molar refractivity (Wildman–Crippen MR) is 115 cm³/mol. The summed E-state index contributed by atoms with van der Waals surface area (Å²) in [6, 6.07) is 9.76. The first kappa shape index (κ1) is 21.4. The summed E-state index contributed by atoms with van der Waals surface area (Å²) in [7, 11) is 0. The van der Waals surface area contributed by atoms with Crippen LogP contribution in [0, 0.1) is 0 Å². The van der Waals surface area contributed by atoms with Gasteiger partial charge >= 0.3 is 6.18 Å². The van der Waals surface area contributed by atoms with Gasteiger partial charge in [-0.05, 0) is 24.1 Å². The van der Waals surface area contributed by atoms with Crippen LogP contribution in [0.5, 0.6) is 6.01 Å². The summed E-state index contributed by atoms with van der Waals surface area (Å²) >= 11 is 6.47. The largest absolute Gasteiger partial charge is 0.456 e. The number of ether oxygens (including phenoxy) is 3. The standard InChI is InChI=1S/C22H17ClF3N5O3/c23-12-7-14-20(29-21(27-14)34-16-9-33-15-5-6-32-19(15)16)28-18(12)11-3-1-10(2-4-11)13-8-17(31-30-13)22(24,25)26/h1-4,7-8,15-16,19H,5-6,9H2,(H,30,31)(H,27,28,29)/t15-,16?,19+/m1/s1. The molecule has 3 atom stereocenters. The lowest BCUT2D eigenvalue weighted by Gasteiger charge is -2.15. The molecule has 0 radical (unpaired) electrons. The van der Waals surface area contributed by atoms with E-state index in [-0.39, 0.29) is 24.0 Å². The van der Waals surface area contributed by atoms with Crippen molar-refractivity contribution in [2.45, 2.75) is 30.9 Å². The predicted octanol–water partition coefficient (Wildman–Crippen LogP) is 4.62. The van der Waals surface area contributed by atoms with Gasteiger partial charge in [0.25, 0.3) is 6.01 Å². The molecular formula is C22H17ClF3N5O3. The van der Waals surface area contributed by atoms with Gasteiger partial charge in [-0.3, -0.25) is 5.10 Å². The number of benzene rings is 1. The number of nitrogens with zero attached hydrogens (tertiary/aromatic N) is 3. The third-order valence-electron chi connectivity index (χ3n) is 5.93. The SMILES string of the molecule is FC(F)(F)c1cc(-c2ccc(-c3nc4nc(OC5CO[C@@H]6CCO[C@H]56)[nH]c4cc3Cl)cc2)[nH]n1. The minimum absolute atomic E-state index is 0.0540. The van der Waals surface area contributed by atoms with Gasteiger partial charge in [-0.25, -0.2) is 4.98 Å². The van der Waals surface area contributed by atoms with E-state index in [1.54, 1.807) is 30.3 Å². The molecule has 3 aromatic heterocycles. The molecule has 5 heterocycles. The molecule has 34 heavy (non-hydrogen) atoms. The lowest BCUT2D eigenvalue weighted by atomic mass is 10.1. The number of hydrogen-bond acceptors (Lipinski definition) is 6. The third-order valence-corrected chi connectivity index (χ3v) is 6.21. The van der Waals surface area contributed by atoms with Crippen LogP contribution >= 0.6 is 11.6 Å². The molecule has 0 bridgehead atoms. The molecule has 2 saturated heterocycles. The molecule has 8 nitrogen and oxygen atoms in total. The minimum Gasteiger partial charge on any atom is -0.456 e. The van der Waals surface area contributed by atoms with E-state index in [2.05, 4.69) is 25.1 Å². The highest BCUT2D eigenvalue weighted by Crippen LogP contribution is 2.34. The Labute approximate surface area is 195 Å². The van der Waals surface area contributed by atoms with Crippen LogP contribution in [0.3, 0.4) is 0 Å². The molecule has 1 unspecified atom stereocenters. The number of imidazole rings is 1. The van der Waals surface area contributed by atoms with Crippen molar-refractivity contribution in [2.24, 2.45) is 0 Å². The number of hydrogen-bond donors (Lipinski definition) is 2. The van der Waals surface area contributed by atoms with E-state index in [0.29, 0.717) is 52.2 Å². The Balaban J connectivity index is 1.25.